The largest absolute Gasteiger partial charge is 0.368 e. The Labute approximate surface area is 161 Å². The van der Waals surface area contributed by atoms with E-state index >= 15 is 0 Å². The monoisotopic (exact) mass is 389 g/mol. The predicted molar refractivity (Wildman–Crippen MR) is 106 cm³/mol. The summed E-state index contributed by atoms with van der Waals surface area (Å²) in [6, 6.07) is -1.18. The minimum absolute atomic E-state index is 0.199. The van der Waals surface area contributed by atoms with E-state index in [4.69, 9.17) is 5.73 Å². The van der Waals surface area contributed by atoms with Gasteiger partial charge < -0.3 is 16.4 Å². The Morgan fingerprint density at radius 2 is 1.69 bits per heavy atom. The molecule has 6 N–H and O–H groups in total. The Bertz CT molecular complexity index is 466. The molecule has 0 radical (unpaired) electrons. The van der Waals surface area contributed by atoms with Crippen LogP contribution in [-0.2, 0) is 14.4 Å². The zero-order valence-corrected chi connectivity index (χ0v) is 17.6. The minimum atomic E-state index is -0.713. The topological polar surface area (TPSA) is 125 Å². The fourth-order valence-electron chi connectivity index (χ4n) is 2.08. The highest BCUT2D eigenvalue weighted by Crippen LogP contribution is 2.07. The molecule has 0 aromatic heterocycles. The molecule has 0 saturated carbocycles. The summed E-state index contributed by atoms with van der Waals surface area (Å²) in [5.41, 5.74) is 11.0. The van der Waals surface area contributed by atoms with Crippen molar-refractivity contribution >= 4 is 29.5 Å². The van der Waals surface area contributed by atoms with E-state index in [1.165, 1.54) is 0 Å². The van der Waals surface area contributed by atoms with Gasteiger partial charge in [-0.2, -0.15) is 11.8 Å². The van der Waals surface area contributed by atoms with E-state index in [2.05, 4.69) is 21.5 Å². The number of carbonyl (C=O) groups excluding carboxylic acids is 3. The van der Waals surface area contributed by atoms with Crippen molar-refractivity contribution in [2.24, 2.45) is 11.7 Å². The Kier molecular flexibility index (Phi) is 11.5. The molecule has 0 spiro atoms. The second-order valence-electron chi connectivity index (χ2n) is 7.73. The molecule has 0 aromatic carbocycles. The summed E-state index contributed by atoms with van der Waals surface area (Å²) in [6.07, 6.45) is 3.07. The van der Waals surface area contributed by atoms with Gasteiger partial charge in [0.15, 0.2) is 0 Å². The second kappa shape index (κ2) is 12.1. The molecule has 9 heteroatoms. The van der Waals surface area contributed by atoms with Crippen LogP contribution in [0.25, 0.3) is 0 Å². The number of thioether (sulfide) groups is 1. The summed E-state index contributed by atoms with van der Waals surface area (Å²) < 4.78 is 0. The lowest BCUT2D eigenvalue weighted by molar-refractivity contribution is -0.131. The molecule has 26 heavy (non-hydrogen) atoms. The van der Waals surface area contributed by atoms with Crippen molar-refractivity contribution in [1.29, 1.82) is 0 Å². The van der Waals surface area contributed by atoms with Crippen molar-refractivity contribution in [3.05, 3.63) is 0 Å². The summed E-state index contributed by atoms with van der Waals surface area (Å²) in [5.74, 6) is -0.277. The maximum Gasteiger partial charge on any atom is 0.243 e. The van der Waals surface area contributed by atoms with Crippen LogP contribution in [0.2, 0.25) is 0 Å². The van der Waals surface area contributed by atoms with Gasteiger partial charge in [-0.05, 0) is 51.5 Å². The Morgan fingerprint density at radius 3 is 2.15 bits per heavy atom. The van der Waals surface area contributed by atoms with E-state index in [0.29, 0.717) is 12.8 Å². The molecule has 0 saturated heterocycles. The fourth-order valence-corrected chi connectivity index (χ4v) is 2.55. The van der Waals surface area contributed by atoms with Crippen molar-refractivity contribution in [1.82, 2.24) is 21.5 Å². The highest BCUT2D eigenvalue weighted by Gasteiger charge is 2.27. The van der Waals surface area contributed by atoms with Gasteiger partial charge in [0, 0.05) is 5.54 Å². The van der Waals surface area contributed by atoms with Gasteiger partial charge in [-0.25, -0.2) is 5.43 Å². The molecular weight excluding hydrogens is 354 g/mol. The average Bonchev–Trinajstić information content (AvgIpc) is 2.50. The smallest absolute Gasteiger partial charge is 0.243 e. The van der Waals surface area contributed by atoms with E-state index in [-0.39, 0.29) is 23.9 Å². The molecule has 0 heterocycles. The Balaban J connectivity index is 4.99. The standard InChI is InChI=1S/C17H35N5O3S/c1-11(2)9-13(15(24)19-10-14(18)23)20-16(25)12(7-8-26-6)21-22-17(3,4)5/h11-13,21-22H,7-10H2,1-6H3,(H2,18,23)(H,19,24)(H,20,25)/t12-,13?/m0/s1. The number of amides is 3. The second-order valence-corrected chi connectivity index (χ2v) is 8.71. The van der Waals surface area contributed by atoms with Gasteiger partial charge in [0.05, 0.1) is 6.54 Å². The van der Waals surface area contributed by atoms with Crippen molar-refractivity contribution < 1.29 is 14.4 Å². The highest BCUT2D eigenvalue weighted by molar-refractivity contribution is 7.98. The van der Waals surface area contributed by atoms with Crippen LogP contribution in [0.3, 0.4) is 0 Å². The maximum absolute atomic E-state index is 12.7. The average molecular weight is 390 g/mol. The Hall–Kier alpha value is -1.32. The lowest BCUT2D eigenvalue weighted by Crippen LogP contribution is -2.58. The molecule has 0 aromatic rings. The lowest BCUT2D eigenvalue weighted by Gasteiger charge is -2.28. The molecular formula is C17H35N5O3S. The first-order valence-electron chi connectivity index (χ1n) is 8.84. The SMILES string of the molecule is CSCC[C@H](NNC(C)(C)C)C(=O)NC(CC(C)C)C(=O)NCC(N)=O. The molecule has 2 atom stereocenters. The van der Waals surface area contributed by atoms with Crippen LogP contribution in [-0.4, -0.2) is 53.9 Å². The third kappa shape index (κ3) is 12.1. The van der Waals surface area contributed by atoms with E-state index in [0.717, 1.165) is 5.75 Å². The van der Waals surface area contributed by atoms with Gasteiger partial charge >= 0.3 is 0 Å². The van der Waals surface area contributed by atoms with Gasteiger partial charge in [-0.1, -0.05) is 13.8 Å². The van der Waals surface area contributed by atoms with Crippen molar-refractivity contribution in [2.75, 3.05) is 18.6 Å². The first-order valence-corrected chi connectivity index (χ1v) is 10.2. The number of hydrazine groups is 1. The van der Waals surface area contributed by atoms with Gasteiger partial charge in [-0.3, -0.25) is 19.8 Å². The molecule has 1 unspecified atom stereocenters. The van der Waals surface area contributed by atoms with Crippen LogP contribution in [0.4, 0.5) is 0 Å². The summed E-state index contributed by atoms with van der Waals surface area (Å²) >= 11 is 1.65. The van der Waals surface area contributed by atoms with Gasteiger partial charge in [0.1, 0.15) is 12.1 Å². The van der Waals surface area contributed by atoms with E-state index in [1.54, 1.807) is 11.8 Å². The van der Waals surface area contributed by atoms with Crippen LogP contribution in [0.5, 0.6) is 0 Å². The van der Waals surface area contributed by atoms with Crippen molar-refractivity contribution in [3.8, 4) is 0 Å². The maximum atomic E-state index is 12.7. The molecule has 3 amide bonds. The van der Waals surface area contributed by atoms with Crippen LogP contribution in [0.1, 0.15) is 47.5 Å². The van der Waals surface area contributed by atoms with Crippen LogP contribution in [0.15, 0.2) is 0 Å². The van der Waals surface area contributed by atoms with Gasteiger partial charge in [-0.15, -0.1) is 0 Å². The summed E-state index contributed by atoms with van der Waals surface area (Å²) in [6.45, 7) is 9.65. The number of carbonyl (C=O) groups is 3. The van der Waals surface area contributed by atoms with E-state index < -0.39 is 23.9 Å². The third-order valence-electron chi connectivity index (χ3n) is 3.33. The number of primary amides is 1. The van der Waals surface area contributed by atoms with Crippen LogP contribution in [0, 0.1) is 5.92 Å². The van der Waals surface area contributed by atoms with Gasteiger partial charge in [0.2, 0.25) is 17.7 Å². The number of rotatable bonds is 12. The normalized spacial score (nSPS) is 14.0. The number of nitrogens with two attached hydrogens (primary N) is 1. The summed E-state index contributed by atoms with van der Waals surface area (Å²) in [7, 11) is 0. The van der Waals surface area contributed by atoms with Crippen molar-refractivity contribution in [3.63, 3.8) is 0 Å². The molecule has 0 fully saturated rings. The zero-order chi connectivity index (χ0) is 20.3. The van der Waals surface area contributed by atoms with E-state index in [1.807, 2.05) is 40.9 Å². The fraction of sp³-hybridized carbons (Fsp3) is 0.824. The first-order chi connectivity index (χ1) is 12.0. The Morgan fingerprint density at radius 1 is 1.08 bits per heavy atom. The van der Waals surface area contributed by atoms with Crippen LogP contribution >= 0.6 is 11.8 Å². The molecule has 0 aliphatic rings. The molecule has 0 bridgehead atoms. The minimum Gasteiger partial charge on any atom is -0.368 e. The number of nitrogens with one attached hydrogen (secondary N) is 4. The first kappa shape index (κ1) is 24.7. The molecule has 0 aliphatic carbocycles. The van der Waals surface area contributed by atoms with Crippen molar-refractivity contribution in [2.45, 2.75) is 65.1 Å². The molecule has 8 nitrogen and oxygen atoms in total. The lowest BCUT2D eigenvalue weighted by atomic mass is 10.0. The number of hydrogen-bond donors (Lipinski definition) is 5. The van der Waals surface area contributed by atoms with E-state index in [9.17, 15) is 14.4 Å². The quantitative estimate of drug-likeness (QED) is 0.302. The van der Waals surface area contributed by atoms with Gasteiger partial charge in [0.25, 0.3) is 0 Å². The molecule has 0 rings (SSSR count). The highest BCUT2D eigenvalue weighted by atomic mass is 32.2. The third-order valence-corrected chi connectivity index (χ3v) is 3.97. The summed E-state index contributed by atoms with van der Waals surface area (Å²) in [4.78, 5) is 35.9. The zero-order valence-electron chi connectivity index (χ0n) is 16.8. The molecule has 152 valence electrons. The van der Waals surface area contributed by atoms with Crippen LogP contribution < -0.4 is 27.2 Å². The predicted octanol–water partition coefficient (Wildman–Crippen LogP) is 0.133. The molecule has 0 aliphatic heterocycles. The summed E-state index contributed by atoms with van der Waals surface area (Å²) in [5, 5.41) is 5.27. The number of hydrogen-bond acceptors (Lipinski definition) is 6.